The molecule has 0 aliphatic heterocycles. The minimum absolute atomic E-state index is 0.0617. The van der Waals surface area contributed by atoms with Gasteiger partial charge in [-0.2, -0.15) is 5.10 Å². The first-order chi connectivity index (χ1) is 9.11. The Kier molecular flexibility index (Phi) is 3.49. The number of nitrogens with one attached hydrogen (secondary N) is 2. The van der Waals surface area contributed by atoms with Gasteiger partial charge in [0, 0.05) is 12.6 Å². The number of nitrogens with zero attached hydrogens (tertiary/aromatic N) is 3. The Labute approximate surface area is 123 Å². The van der Waals surface area contributed by atoms with Gasteiger partial charge in [-0.1, -0.05) is 0 Å². The van der Waals surface area contributed by atoms with Gasteiger partial charge in [-0.15, -0.1) is 0 Å². The lowest BCUT2D eigenvalue weighted by Gasteiger charge is -2.24. The highest BCUT2D eigenvalue weighted by Crippen LogP contribution is 2.21. The van der Waals surface area contributed by atoms with E-state index in [0.717, 1.165) is 16.9 Å². The molecule has 1 atom stereocenters. The molecule has 0 spiro atoms. The molecule has 1 amide bonds. The summed E-state index contributed by atoms with van der Waals surface area (Å²) < 4.78 is 4.09. The zero-order valence-corrected chi connectivity index (χ0v) is 13.6. The molecular weight excluding hydrogens is 274 g/mol. The summed E-state index contributed by atoms with van der Waals surface area (Å²) in [5.74, 6) is -0.0617. The van der Waals surface area contributed by atoms with Gasteiger partial charge in [-0.05, 0) is 46.8 Å². The zero-order valence-electron chi connectivity index (χ0n) is 12.7. The molecule has 0 bridgehead atoms. The number of aryl methyl sites for hydroxylation is 2. The number of hydrogen-bond acceptors (Lipinski definition) is 3. The molecule has 2 rings (SSSR count). The van der Waals surface area contributed by atoms with Crippen LogP contribution in [0.5, 0.6) is 0 Å². The van der Waals surface area contributed by atoms with Crippen LogP contribution in [0.15, 0.2) is 0 Å². The van der Waals surface area contributed by atoms with Crippen molar-refractivity contribution in [3.8, 4) is 0 Å². The summed E-state index contributed by atoms with van der Waals surface area (Å²) in [7, 11) is 1.85. The molecular formula is C13H21N5OS. The summed E-state index contributed by atoms with van der Waals surface area (Å²) >= 11 is 5.35. The Morgan fingerprint density at radius 1 is 1.45 bits per heavy atom. The van der Waals surface area contributed by atoms with E-state index in [1.807, 2.05) is 46.2 Å². The number of H-pyrrole nitrogens is 1. The second-order valence-corrected chi connectivity index (χ2v) is 6.51. The van der Waals surface area contributed by atoms with Gasteiger partial charge in [0.25, 0.3) is 0 Å². The van der Waals surface area contributed by atoms with Gasteiger partial charge in [0.15, 0.2) is 10.4 Å². The van der Waals surface area contributed by atoms with Crippen LogP contribution in [0.25, 0.3) is 11.2 Å². The first-order valence-corrected chi connectivity index (χ1v) is 6.98. The molecule has 7 heteroatoms. The van der Waals surface area contributed by atoms with Crippen molar-refractivity contribution in [1.29, 1.82) is 0 Å². The summed E-state index contributed by atoms with van der Waals surface area (Å²) in [6.07, 6.45) is 0. The van der Waals surface area contributed by atoms with E-state index in [1.54, 1.807) is 4.68 Å². The van der Waals surface area contributed by atoms with Crippen molar-refractivity contribution in [3.05, 3.63) is 10.5 Å². The third-order valence-electron chi connectivity index (χ3n) is 3.14. The molecule has 2 heterocycles. The average Bonchev–Trinajstić information content (AvgIpc) is 2.74. The third kappa shape index (κ3) is 2.49. The maximum Gasteiger partial charge on any atom is 0.243 e. The fourth-order valence-electron chi connectivity index (χ4n) is 2.28. The van der Waals surface area contributed by atoms with Gasteiger partial charge in [0.2, 0.25) is 5.91 Å². The Morgan fingerprint density at radius 3 is 2.60 bits per heavy atom. The van der Waals surface area contributed by atoms with Gasteiger partial charge in [0.05, 0.1) is 5.69 Å². The fraction of sp³-hybridized carbons (Fsp3) is 0.615. The van der Waals surface area contributed by atoms with Gasteiger partial charge < -0.3 is 10.3 Å². The number of hydrogen-bond donors (Lipinski definition) is 2. The smallest absolute Gasteiger partial charge is 0.243 e. The van der Waals surface area contributed by atoms with Crippen LogP contribution in [0.4, 0.5) is 0 Å². The van der Waals surface area contributed by atoms with Crippen molar-refractivity contribution in [3.63, 3.8) is 0 Å². The van der Waals surface area contributed by atoms with Crippen molar-refractivity contribution in [2.75, 3.05) is 0 Å². The predicted octanol–water partition coefficient (Wildman–Crippen LogP) is 2.22. The maximum absolute atomic E-state index is 12.3. The molecule has 0 saturated heterocycles. The Hall–Kier alpha value is -1.63. The lowest BCUT2D eigenvalue weighted by Crippen LogP contribution is -2.43. The number of carbonyl (C=O) groups excluding carboxylic acids is 1. The Bertz CT molecular complexity index is 715. The van der Waals surface area contributed by atoms with Crippen LogP contribution >= 0.6 is 12.2 Å². The molecule has 110 valence electrons. The largest absolute Gasteiger partial charge is 0.350 e. The summed E-state index contributed by atoms with van der Waals surface area (Å²) in [6.45, 7) is 9.62. The predicted molar refractivity (Wildman–Crippen MR) is 81.2 cm³/mol. The summed E-state index contributed by atoms with van der Waals surface area (Å²) in [5.41, 5.74) is 2.32. The van der Waals surface area contributed by atoms with E-state index in [-0.39, 0.29) is 11.4 Å². The van der Waals surface area contributed by atoms with Crippen molar-refractivity contribution < 1.29 is 4.79 Å². The van der Waals surface area contributed by atoms with Crippen LogP contribution in [-0.2, 0) is 11.8 Å². The lowest BCUT2D eigenvalue weighted by atomic mass is 10.1. The van der Waals surface area contributed by atoms with Crippen LogP contribution in [0.3, 0.4) is 0 Å². The maximum atomic E-state index is 12.3. The summed E-state index contributed by atoms with van der Waals surface area (Å²) in [6, 6.07) is -0.398. The molecule has 0 fully saturated rings. The van der Waals surface area contributed by atoms with E-state index in [1.165, 1.54) is 0 Å². The molecule has 6 nitrogen and oxygen atoms in total. The number of carbonyl (C=O) groups is 1. The monoisotopic (exact) mass is 295 g/mol. The lowest BCUT2D eigenvalue weighted by molar-refractivity contribution is -0.125. The standard InChI is InChI=1S/C13H21N5OS/c1-7-9-11(17(6)16-7)18(12(20)14-9)8(2)10(19)15-13(3,4)5/h8H,1-6H3,(H,14,20)(H,15,19). The van der Waals surface area contributed by atoms with Crippen molar-refractivity contribution in [2.24, 2.45) is 7.05 Å². The molecule has 2 aromatic heterocycles. The zero-order chi connectivity index (χ0) is 15.2. The molecule has 0 radical (unpaired) electrons. The highest BCUT2D eigenvalue weighted by Gasteiger charge is 2.24. The fourth-order valence-corrected chi connectivity index (χ4v) is 2.63. The van der Waals surface area contributed by atoms with Crippen LogP contribution in [0.2, 0.25) is 0 Å². The normalized spacial score (nSPS) is 13.7. The van der Waals surface area contributed by atoms with E-state index < -0.39 is 6.04 Å². The molecule has 1 unspecified atom stereocenters. The number of amides is 1. The van der Waals surface area contributed by atoms with Gasteiger partial charge >= 0.3 is 0 Å². The van der Waals surface area contributed by atoms with Crippen LogP contribution in [0.1, 0.15) is 39.4 Å². The van der Waals surface area contributed by atoms with E-state index in [9.17, 15) is 4.79 Å². The quantitative estimate of drug-likeness (QED) is 0.835. The van der Waals surface area contributed by atoms with Crippen molar-refractivity contribution >= 4 is 29.3 Å². The second-order valence-electron chi connectivity index (χ2n) is 6.12. The topological polar surface area (TPSA) is 67.6 Å². The SMILES string of the molecule is Cc1nn(C)c2c1[nH]c(=S)n2C(C)C(=O)NC(C)(C)C. The summed E-state index contributed by atoms with van der Waals surface area (Å²) in [5, 5.41) is 7.33. The van der Waals surface area contributed by atoms with E-state index in [0.29, 0.717) is 4.77 Å². The third-order valence-corrected chi connectivity index (χ3v) is 3.43. The molecule has 0 saturated carbocycles. The molecule has 2 aromatic rings. The minimum Gasteiger partial charge on any atom is -0.350 e. The number of aromatic amines is 1. The molecule has 0 aliphatic carbocycles. The molecule has 20 heavy (non-hydrogen) atoms. The van der Waals surface area contributed by atoms with Crippen LogP contribution < -0.4 is 5.32 Å². The highest BCUT2D eigenvalue weighted by molar-refractivity contribution is 7.71. The molecule has 0 aromatic carbocycles. The Balaban J connectivity index is 2.50. The van der Waals surface area contributed by atoms with Gasteiger partial charge in [0.1, 0.15) is 11.6 Å². The van der Waals surface area contributed by atoms with Crippen LogP contribution in [-0.4, -0.2) is 30.8 Å². The average molecular weight is 295 g/mol. The second kappa shape index (κ2) is 4.73. The number of rotatable bonds is 2. The first kappa shape index (κ1) is 14.8. The van der Waals surface area contributed by atoms with Gasteiger partial charge in [-0.3, -0.25) is 14.0 Å². The van der Waals surface area contributed by atoms with E-state index in [4.69, 9.17) is 12.2 Å². The number of imidazole rings is 1. The Morgan fingerprint density at radius 2 is 2.05 bits per heavy atom. The summed E-state index contributed by atoms with van der Waals surface area (Å²) in [4.78, 5) is 15.5. The minimum atomic E-state index is -0.398. The van der Waals surface area contributed by atoms with Crippen LogP contribution in [0, 0.1) is 11.7 Å². The molecule has 2 N–H and O–H groups in total. The molecule has 0 aliphatic rings. The number of aromatic nitrogens is 4. The number of fused-ring (bicyclic) bond motifs is 1. The van der Waals surface area contributed by atoms with Crippen molar-refractivity contribution in [2.45, 2.75) is 46.2 Å². The van der Waals surface area contributed by atoms with Crippen molar-refractivity contribution in [1.82, 2.24) is 24.6 Å². The van der Waals surface area contributed by atoms with Gasteiger partial charge in [-0.25, -0.2) is 0 Å². The first-order valence-electron chi connectivity index (χ1n) is 6.57. The van der Waals surface area contributed by atoms with E-state index in [2.05, 4.69) is 15.4 Å². The highest BCUT2D eigenvalue weighted by atomic mass is 32.1. The van der Waals surface area contributed by atoms with E-state index >= 15 is 0 Å².